The van der Waals surface area contributed by atoms with Crippen LogP contribution in [0.1, 0.15) is 23.8 Å². The van der Waals surface area contributed by atoms with Crippen LogP contribution in [-0.2, 0) is 0 Å². The lowest BCUT2D eigenvalue weighted by Gasteiger charge is -2.10. The molecule has 0 radical (unpaired) electrons. The van der Waals surface area contributed by atoms with E-state index in [0.29, 0.717) is 28.2 Å². The number of anilines is 1. The number of nitrogens with one attached hydrogen (secondary N) is 1. The average Bonchev–Trinajstić information content (AvgIpc) is 3.37. The molecular weight excluding hydrogens is 460 g/mol. The first-order valence-corrected chi connectivity index (χ1v) is 12.1. The van der Waals surface area contributed by atoms with Crippen LogP contribution in [0.2, 0.25) is 0 Å². The number of ether oxygens (including phenoxy) is 1. The van der Waals surface area contributed by atoms with Gasteiger partial charge in [-0.2, -0.15) is 9.78 Å². The SMILES string of the molecule is CCCOc1ccc(-c2csc(NC(=O)c3nn(-c4ccccc4)c(=O)c4ccccc34)n2)cc1. The predicted octanol–water partition coefficient (Wildman–Crippen LogP) is 5.55. The molecule has 0 spiro atoms. The second kappa shape index (κ2) is 9.90. The Morgan fingerprint density at radius 2 is 1.69 bits per heavy atom. The molecule has 0 bridgehead atoms. The standard InChI is InChI=1S/C27H22N4O3S/c1-2-16-34-20-14-12-18(13-15-20)23-17-35-27(28-23)29-25(32)24-21-10-6-7-11-22(21)26(33)31(30-24)19-8-4-3-5-9-19/h3-15,17H,2,16H2,1H3,(H,28,29,32). The normalized spacial score (nSPS) is 10.9. The van der Waals surface area contributed by atoms with Crippen molar-refractivity contribution in [3.63, 3.8) is 0 Å². The van der Waals surface area contributed by atoms with Gasteiger partial charge in [-0.05, 0) is 48.9 Å². The van der Waals surface area contributed by atoms with Crippen LogP contribution in [-0.4, -0.2) is 27.3 Å². The molecule has 0 saturated heterocycles. The molecule has 2 heterocycles. The van der Waals surface area contributed by atoms with Crippen LogP contribution in [0, 0.1) is 0 Å². The Morgan fingerprint density at radius 3 is 2.43 bits per heavy atom. The fourth-order valence-electron chi connectivity index (χ4n) is 3.66. The van der Waals surface area contributed by atoms with E-state index >= 15 is 0 Å². The molecule has 2 aromatic heterocycles. The van der Waals surface area contributed by atoms with Gasteiger partial charge in [0.2, 0.25) is 0 Å². The van der Waals surface area contributed by atoms with E-state index in [4.69, 9.17) is 4.74 Å². The number of carbonyl (C=O) groups excluding carboxylic acids is 1. The Hall–Kier alpha value is -4.30. The third-order valence-electron chi connectivity index (χ3n) is 5.37. The molecule has 0 aliphatic rings. The maximum Gasteiger partial charge on any atom is 0.279 e. The van der Waals surface area contributed by atoms with Gasteiger partial charge in [-0.3, -0.25) is 14.9 Å². The monoisotopic (exact) mass is 482 g/mol. The van der Waals surface area contributed by atoms with Crippen molar-refractivity contribution < 1.29 is 9.53 Å². The Kier molecular flexibility index (Phi) is 6.36. The van der Waals surface area contributed by atoms with Gasteiger partial charge < -0.3 is 4.74 Å². The van der Waals surface area contributed by atoms with E-state index < -0.39 is 5.91 Å². The van der Waals surface area contributed by atoms with E-state index in [1.54, 1.807) is 36.4 Å². The molecule has 1 amide bonds. The zero-order valence-corrected chi connectivity index (χ0v) is 19.8. The maximum atomic E-state index is 13.3. The third kappa shape index (κ3) is 4.69. The molecule has 5 aromatic rings. The molecule has 0 aliphatic heterocycles. The highest BCUT2D eigenvalue weighted by Gasteiger charge is 2.19. The molecule has 8 heteroatoms. The van der Waals surface area contributed by atoms with E-state index in [2.05, 4.69) is 22.3 Å². The molecule has 7 nitrogen and oxygen atoms in total. The highest BCUT2D eigenvalue weighted by Crippen LogP contribution is 2.27. The van der Waals surface area contributed by atoms with Crippen molar-refractivity contribution in [3.8, 4) is 22.7 Å². The van der Waals surface area contributed by atoms with Crippen molar-refractivity contribution in [2.45, 2.75) is 13.3 Å². The molecule has 1 N–H and O–H groups in total. The summed E-state index contributed by atoms with van der Waals surface area (Å²) in [5.74, 6) is 0.376. The van der Waals surface area contributed by atoms with Gasteiger partial charge in [0.15, 0.2) is 10.8 Å². The molecule has 0 saturated carbocycles. The summed E-state index contributed by atoms with van der Waals surface area (Å²) in [4.78, 5) is 30.9. The van der Waals surface area contributed by atoms with Crippen LogP contribution in [0.5, 0.6) is 5.75 Å². The van der Waals surface area contributed by atoms with Crippen molar-refractivity contribution in [1.82, 2.24) is 14.8 Å². The molecule has 3 aromatic carbocycles. The molecule has 35 heavy (non-hydrogen) atoms. The zero-order valence-electron chi connectivity index (χ0n) is 19.0. The summed E-state index contributed by atoms with van der Waals surface area (Å²) >= 11 is 1.32. The molecule has 174 valence electrons. The van der Waals surface area contributed by atoms with Crippen molar-refractivity contribution >= 4 is 33.1 Å². The van der Waals surface area contributed by atoms with Gasteiger partial charge in [-0.15, -0.1) is 11.3 Å². The van der Waals surface area contributed by atoms with Gasteiger partial charge in [-0.25, -0.2) is 4.98 Å². The van der Waals surface area contributed by atoms with Crippen LogP contribution in [0.3, 0.4) is 0 Å². The first kappa shape index (κ1) is 22.5. The van der Waals surface area contributed by atoms with Crippen LogP contribution in [0.15, 0.2) is 89.0 Å². The number of fused-ring (bicyclic) bond motifs is 1. The summed E-state index contributed by atoms with van der Waals surface area (Å²) < 4.78 is 6.89. The summed E-state index contributed by atoms with van der Waals surface area (Å²) in [6.45, 7) is 2.74. The van der Waals surface area contributed by atoms with Crippen LogP contribution >= 0.6 is 11.3 Å². The Balaban J connectivity index is 1.44. The number of nitrogens with zero attached hydrogens (tertiary/aromatic N) is 3. The highest BCUT2D eigenvalue weighted by molar-refractivity contribution is 7.14. The zero-order chi connectivity index (χ0) is 24.2. The molecule has 0 unspecified atom stereocenters. The maximum absolute atomic E-state index is 13.3. The van der Waals surface area contributed by atoms with Crippen molar-refractivity contribution in [3.05, 3.63) is 100 Å². The first-order chi connectivity index (χ1) is 17.1. The van der Waals surface area contributed by atoms with E-state index in [1.165, 1.54) is 16.0 Å². The number of para-hydroxylation sites is 1. The summed E-state index contributed by atoms with van der Waals surface area (Å²) in [7, 11) is 0. The third-order valence-corrected chi connectivity index (χ3v) is 6.13. The lowest BCUT2D eigenvalue weighted by atomic mass is 10.1. The van der Waals surface area contributed by atoms with Gasteiger partial charge in [0.25, 0.3) is 11.5 Å². The number of carbonyl (C=O) groups is 1. The largest absolute Gasteiger partial charge is 0.494 e. The Morgan fingerprint density at radius 1 is 0.971 bits per heavy atom. The molecular formula is C27H22N4O3S. The lowest BCUT2D eigenvalue weighted by Crippen LogP contribution is -2.26. The second-order valence-electron chi connectivity index (χ2n) is 7.81. The van der Waals surface area contributed by atoms with Gasteiger partial charge in [0.05, 0.1) is 23.4 Å². The topological polar surface area (TPSA) is 86.1 Å². The van der Waals surface area contributed by atoms with Crippen LogP contribution in [0.4, 0.5) is 5.13 Å². The predicted molar refractivity (Wildman–Crippen MR) is 139 cm³/mol. The Bertz CT molecular complexity index is 1540. The number of amides is 1. The second-order valence-corrected chi connectivity index (χ2v) is 8.67. The smallest absolute Gasteiger partial charge is 0.279 e. The molecule has 0 aliphatic carbocycles. The lowest BCUT2D eigenvalue weighted by molar-refractivity contribution is 0.102. The van der Waals surface area contributed by atoms with Gasteiger partial charge in [0, 0.05) is 16.3 Å². The number of rotatable bonds is 7. The minimum Gasteiger partial charge on any atom is -0.494 e. The molecule has 0 atom stereocenters. The van der Waals surface area contributed by atoms with E-state index in [9.17, 15) is 9.59 Å². The summed E-state index contributed by atoms with van der Waals surface area (Å²) in [6, 6.07) is 23.7. The van der Waals surface area contributed by atoms with Gasteiger partial charge >= 0.3 is 0 Å². The summed E-state index contributed by atoms with van der Waals surface area (Å²) in [5, 5.41) is 10.5. The minimum absolute atomic E-state index is 0.151. The fraction of sp³-hybridized carbons (Fsp3) is 0.111. The average molecular weight is 483 g/mol. The molecule has 0 fully saturated rings. The van der Waals surface area contributed by atoms with Crippen LogP contribution < -0.4 is 15.6 Å². The van der Waals surface area contributed by atoms with Gasteiger partial charge in [0.1, 0.15) is 5.75 Å². The number of aromatic nitrogens is 3. The van der Waals surface area contributed by atoms with E-state index in [0.717, 1.165) is 23.4 Å². The quantitative estimate of drug-likeness (QED) is 0.329. The molecule has 5 rings (SSSR count). The first-order valence-electron chi connectivity index (χ1n) is 11.2. The number of thiazole rings is 1. The summed E-state index contributed by atoms with van der Waals surface area (Å²) in [5.41, 5.74) is 2.12. The number of hydrogen-bond donors (Lipinski definition) is 1. The van der Waals surface area contributed by atoms with E-state index in [1.807, 2.05) is 47.8 Å². The highest BCUT2D eigenvalue weighted by atomic mass is 32.1. The van der Waals surface area contributed by atoms with Gasteiger partial charge in [-0.1, -0.05) is 43.3 Å². The summed E-state index contributed by atoms with van der Waals surface area (Å²) in [6.07, 6.45) is 0.948. The Labute approximate surface area is 205 Å². The number of hydrogen-bond acceptors (Lipinski definition) is 6. The number of benzene rings is 3. The van der Waals surface area contributed by atoms with Crippen molar-refractivity contribution in [2.75, 3.05) is 11.9 Å². The minimum atomic E-state index is -0.435. The fourth-order valence-corrected chi connectivity index (χ4v) is 4.38. The van der Waals surface area contributed by atoms with Crippen LogP contribution in [0.25, 0.3) is 27.7 Å². The van der Waals surface area contributed by atoms with E-state index in [-0.39, 0.29) is 11.3 Å². The van der Waals surface area contributed by atoms with Crippen molar-refractivity contribution in [2.24, 2.45) is 0 Å². The van der Waals surface area contributed by atoms with Crippen molar-refractivity contribution in [1.29, 1.82) is 0 Å².